The topological polar surface area (TPSA) is 32.3 Å². The third kappa shape index (κ3) is 6.52. The van der Waals surface area contributed by atoms with Gasteiger partial charge in [-0.2, -0.15) is 0 Å². The fraction of sp³-hybridized carbons (Fsp3) is 0.316. The number of carbonyl (C=O) groups is 1. The van der Waals surface area contributed by atoms with Crippen LogP contribution in [-0.2, 0) is 17.9 Å². The molecule has 1 unspecified atom stereocenters. The third-order valence-electron chi connectivity index (χ3n) is 3.75. The standard InChI is InChI=1S/C19H21Cl3N2O/c1-2-17(25)23-18(19(20,21)22)24(13-15-9-5-3-6-10-15)14-16-11-7-4-8-12-16/h3-12,18H,2,13-14H2,1H3,(H,23,25). The molecule has 134 valence electrons. The molecule has 1 N–H and O–H groups in total. The van der Waals surface area contributed by atoms with E-state index in [0.717, 1.165) is 11.1 Å². The van der Waals surface area contributed by atoms with Crippen LogP contribution in [0.4, 0.5) is 0 Å². The van der Waals surface area contributed by atoms with Gasteiger partial charge in [0.05, 0.1) is 0 Å². The zero-order valence-electron chi connectivity index (χ0n) is 14.0. The van der Waals surface area contributed by atoms with Crippen molar-refractivity contribution >= 4 is 40.7 Å². The molecule has 0 saturated heterocycles. The molecular weight excluding hydrogens is 379 g/mol. The zero-order valence-corrected chi connectivity index (χ0v) is 16.2. The minimum atomic E-state index is -1.66. The molecule has 0 heterocycles. The lowest BCUT2D eigenvalue weighted by Crippen LogP contribution is -2.54. The van der Waals surface area contributed by atoms with Crippen LogP contribution in [0.1, 0.15) is 24.5 Å². The van der Waals surface area contributed by atoms with Crippen LogP contribution in [0.5, 0.6) is 0 Å². The van der Waals surface area contributed by atoms with E-state index in [1.165, 1.54) is 0 Å². The van der Waals surface area contributed by atoms with Crippen molar-refractivity contribution in [2.24, 2.45) is 0 Å². The van der Waals surface area contributed by atoms with Gasteiger partial charge in [-0.25, -0.2) is 0 Å². The maximum atomic E-state index is 12.0. The van der Waals surface area contributed by atoms with E-state index in [0.29, 0.717) is 19.5 Å². The fourth-order valence-electron chi connectivity index (χ4n) is 2.51. The Labute approximate surface area is 163 Å². The van der Waals surface area contributed by atoms with Gasteiger partial charge in [0.15, 0.2) is 0 Å². The molecule has 0 spiro atoms. The van der Waals surface area contributed by atoms with Crippen LogP contribution in [0.15, 0.2) is 60.7 Å². The van der Waals surface area contributed by atoms with Gasteiger partial charge in [0, 0.05) is 19.5 Å². The Morgan fingerprint density at radius 2 is 1.40 bits per heavy atom. The zero-order chi connectivity index (χ0) is 18.3. The molecule has 1 amide bonds. The fourth-order valence-corrected chi connectivity index (χ4v) is 3.09. The summed E-state index contributed by atoms with van der Waals surface area (Å²) < 4.78 is -1.66. The van der Waals surface area contributed by atoms with Gasteiger partial charge in [0.2, 0.25) is 9.70 Å². The Morgan fingerprint density at radius 3 is 1.76 bits per heavy atom. The number of halogens is 3. The van der Waals surface area contributed by atoms with Crippen LogP contribution in [0, 0.1) is 0 Å². The first-order valence-electron chi connectivity index (χ1n) is 8.08. The molecule has 0 bridgehead atoms. The number of hydrogen-bond acceptors (Lipinski definition) is 2. The molecule has 0 aromatic heterocycles. The second-order valence-corrected chi connectivity index (χ2v) is 8.11. The van der Waals surface area contributed by atoms with Crippen molar-refractivity contribution in [3.05, 3.63) is 71.8 Å². The van der Waals surface area contributed by atoms with Crippen molar-refractivity contribution in [2.45, 2.75) is 36.4 Å². The van der Waals surface area contributed by atoms with Crippen molar-refractivity contribution in [1.29, 1.82) is 0 Å². The summed E-state index contributed by atoms with van der Waals surface area (Å²) in [5.74, 6) is -0.164. The molecule has 2 aromatic carbocycles. The van der Waals surface area contributed by atoms with Gasteiger partial charge in [0.25, 0.3) is 0 Å². The summed E-state index contributed by atoms with van der Waals surface area (Å²) >= 11 is 18.6. The average molecular weight is 400 g/mol. The lowest BCUT2D eigenvalue weighted by Gasteiger charge is -2.36. The molecular formula is C19H21Cl3N2O. The van der Waals surface area contributed by atoms with E-state index in [2.05, 4.69) is 5.32 Å². The summed E-state index contributed by atoms with van der Waals surface area (Å²) in [4.78, 5) is 13.9. The van der Waals surface area contributed by atoms with Gasteiger partial charge in [-0.3, -0.25) is 9.69 Å². The maximum absolute atomic E-state index is 12.0. The Hall–Kier alpha value is -1.26. The second kappa shape index (κ2) is 9.44. The number of nitrogens with zero attached hydrogens (tertiary/aromatic N) is 1. The van der Waals surface area contributed by atoms with Crippen molar-refractivity contribution < 1.29 is 4.79 Å². The van der Waals surface area contributed by atoms with Crippen LogP contribution >= 0.6 is 34.8 Å². The number of rotatable bonds is 7. The molecule has 1 atom stereocenters. The van der Waals surface area contributed by atoms with Gasteiger partial charge >= 0.3 is 0 Å². The summed E-state index contributed by atoms with van der Waals surface area (Å²) in [6, 6.07) is 19.8. The van der Waals surface area contributed by atoms with Crippen LogP contribution in [0.3, 0.4) is 0 Å². The first-order valence-corrected chi connectivity index (χ1v) is 9.21. The lowest BCUT2D eigenvalue weighted by atomic mass is 10.1. The highest BCUT2D eigenvalue weighted by Crippen LogP contribution is 2.33. The molecule has 0 fully saturated rings. The molecule has 0 aliphatic rings. The molecule has 3 nitrogen and oxygen atoms in total. The molecule has 6 heteroatoms. The normalized spacial score (nSPS) is 12.8. The highest BCUT2D eigenvalue weighted by Gasteiger charge is 2.38. The maximum Gasteiger partial charge on any atom is 0.223 e. The van der Waals surface area contributed by atoms with Gasteiger partial charge in [-0.15, -0.1) is 0 Å². The summed E-state index contributed by atoms with van der Waals surface area (Å²) in [5, 5.41) is 2.84. The predicted molar refractivity (Wildman–Crippen MR) is 105 cm³/mol. The Morgan fingerprint density at radius 1 is 0.960 bits per heavy atom. The van der Waals surface area contributed by atoms with E-state index >= 15 is 0 Å². The molecule has 0 radical (unpaired) electrons. The summed E-state index contributed by atoms with van der Waals surface area (Å²) in [7, 11) is 0. The summed E-state index contributed by atoms with van der Waals surface area (Å²) in [6.45, 7) is 2.85. The number of alkyl halides is 3. The first-order chi connectivity index (χ1) is 11.9. The van der Waals surface area contributed by atoms with Crippen molar-refractivity contribution in [1.82, 2.24) is 10.2 Å². The molecule has 2 rings (SSSR count). The molecule has 2 aromatic rings. The van der Waals surface area contributed by atoms with E-state index < -0.39 is 9.96 Å². The predicted octanol–water partition coefficient (Wildman–Crippen LogP) is 4.91. The third-order valence-corrected chi connectivity index (χ3v) is 4.37. The van der Waals surface area contributed by atoms with Gasteiger partial charge in [-0.1, -0.05) is 102 Å². The van der Waals surface area contributed by atoms with E-state index in [1.807, 2.05) is 65.6 Å². The van der Waals surface area contributed by atoms with Crippen LogP contribution in [0.2, 0.25) is 0 Å². The van der Waals surface area contributed by atoms with E-state index in [9.17, 15) is 4.79 Å². The van der Waals surface area contributed by atoms with Gasteiger partial charge in [0.1, 0.15) is 6.17 Å². The SMILES string of the molecule is CCC(=O)NC(N(Cc1ccccc1)Cc1ccccc1)C(Cl)(Cl)Cl. The number of hydrogen-bond donors (Lipinski definition) is 1. The number of benzene rings is 2. The Kier molecular flexibility index (Phi) is 7.57. The number of amides is 1. The summed E-state index contributed by atoms with van der Waals surface area (Å²) in [5.41, 5.74) is 2.15. The van der Waals surface area contributed by atoms with E-state index in [1.54, 1.807) is 6.92 Å². The van der Waals surface area contributed by atoms with Gasteiger partial charge in [-0.05, 0) is 11.1 Å². The average Bonchev–Trinajstić information content (AvgIpc) is 2.59. The van der Waals surface area contributed by atoms with Crippen molar-refractivity contribution in [3.8, 4) is 0 Å². The Balaban J connectivity index is 2.30. The minimum Gasteiger partial charge on any atom is -0.337 e. The molecule has 0 aliphatic carbocycles. The Bertz CT molecular complexity index is 618. The largest absolute Gasteiger partial charge is 0.337 e. The highest BCUT2D eigenvalue weighted by molar-refractivity contribution is 6.68. The lowest BCUT2D eigenvalue weighted by molar-refractivity contribution is -0.123. The van der Waals surface area contributed by atoms with E-state index in [-0.39, 0.29) is 5.91 Å². The first kappa shape index (κ1) is 20.1. The van der Waals surface area contributed by atoms with Gasteiger partial charge < -0.3 is 5.32 Å². The van der Waals surface area contributed by atoms with E-state index in [4.69, 9.17) is 34.8 Å². The molecule has 0 saturated carbocycles. The smallest absolute Gasteiger partial charge is 0.223 e. The van der Waals surface area contributed by atoms with Crippen LogP contribution in [-0.4, -0.2) is 20.8 Å². The summed E-state index contributed by atoms with van der Waals surface area (Å²) in [6.07, 6.45) is -0.424. The highest BCUT2D eigenvalue weighted by atomic mass is 35.6. The minimum absolute atomic E-state index is 0.164. The number of carbonyl (C=O) groups excluding carboxylic acids is 1. The van der Waals surface area contributed by atoms with Crippen molar-refractivity contribution in [3.63, 3.8) is 0 Å². The molecule has 25 heavy (non-hydrogen) atoms. The number of nitrogens with one attached hydrogen (secondary N) is 1. The second-order valence-electron chi connectivity index (χ2n) is 5.74. The van der Waals surface area contributed by atoms with Crippen LogP contribution < -0.4 is 5.32 Å². The molecule has 0 aliphatic heterocycles. The quantitative estimate of drug-likeness (QED) is 0.530. The van der Waals surface area contributed by atoms with Crippen LogP contribution in [0.25, 0.3) is 0 Å². The monoisotopic (exact) mass is 398 g/mol. The van der Waals surface area contributed by atoms with Crippen molar-refractivity contribution in [2.75, 3.05) is 0 Å².